The van der Waals surface area contributed by atoms with Crippen LogP contribution in [0.4, 0.5) is 11.4 Å². The van der Waals surface area contributed by atoms with Crippen molar-refractivity contribution in [1.82, 2.24) is 10.3 Å². The maximum atomic E-state index is 12.1. The molecule has 0 fully saturated rings. The van der Waals surface area contributed by atoms with Crippen LogP contribution in [0.2, 0.25) is 0 Å². The fraction of sp³-hybridized carbons (Fsp3) is 0.278. The third-order valence-corrected chi connectivity index (χ3v) is 3.37. The van der Waals surface area contributed by atoms with E-state index in [-0.39, 0.29) is 5.91 Å². The van der Waals surface area contributed by atoms with E-state index >= 15 is 0 Å². The highest BCUT2D eigenvalue weighted by Crippen LogP contribution is 2.17. The van der Waals surface area contributed by atoms with Crippen molar-refractivity contribution in [1.29, 1.82) is 5.26 Å². The van der Waals surface area contributed by atoms with E-state index in [0.717, 1.165) is 30.6 Å². The quantitative estimate of drug-likeness (QED) is 0.766. The zero-order valence-corrected chi connectivity index (χ0v) is 13.2. The number of nitriles is 1. The van der Waals surface area contributed by atoms with E-state index in [1.54, 1.807) is 30.6 Å². The van der Waals surface area contributed by atoms with Gasteiger partial charge in [-0.1, -0.05) is 19.8 Å². The minimum absolute atomic E-state index is 0.114. The van der Waals surface area contributed by atoms with Gasteiger partial charge >= 0.3 is 0 Å². The highest BCUT2D eigenvalue weighted by atomic mass is 16.1. The number of hydrogen-bond acceptors (Lipinski definition) is 4. The molecule has 1 aromatic heterocycles. The summed E-state index contributed by atoms with van der Waals surface area (Å²) in [6.07, 6.45) is 6.43. The summed E-state index contributed by atoms with van der Waals surface area (Å²) in [6.45, 7) is 2.81. The molecule has 1 aromatic carbocycles. The average Bonchev–Trinajstić information content (AvgIpc) is 2.59. The van der Waals surface area contributed by atoms with Crippen LogP contribution in [0.15, 0.2) is 42.7 Å². The van der Waals surface area contributed by atoms with E-state index in [0.29, 0.717) is 17.7 Å². The maximum Gasteiger partial charge on any atom is 0.252 e. The maximum absolute atomic E-state index is 12.1. The molecule has 2 rings (SSSR count). The molecule has 0 bridgehead atoms. The Morgan fingerprint density at radius 3 is 2.65 bits per heavy atom. The number of benzene rings is 1. The van der Waals surface area contributed by atoms with E-state index in [2.05, 4.69) is 28.6 Å². The Bertz CT molecular complexity index is 689. The molecular formula is C18H20N4O. The predicted molar refractivity (Wildman–Crippen MR) is 90.5 cm³/mol. The number of anilines is 2. The van der Waals surface area contributed by atoms with Crippen LogP contribution in [0.25, 0.3) is 0 Å². The van der Waals surface area contributed by atoms with Gasteiger partial charge in [-0.25, -0.2) is 0 Å². The van der Waals surface area contributed by atoms with Crippen molar-refractivity contribution < 1.29 is 4.79 Å². The Hall–Kier alpha value is -2.87. The Balaban J connectivity index is 1.98. The van der Waals surface area contributed by atoms with Crippen molar-refractivity contribution in [2.24, 2.45) is 0 Å². The van der Waals surface area contributed by atoms with Crippen LogP contribution in [0.3, 0.4) is 0 Å². The fourth-order valence-corrected chi connectivity index (χ4v) is 2.11. The second-order valence-electron chi connectivity index (χ2n) is 5.24. The minimum Gasteiger partial charge on any atom is -0.354 e. The van der Waals surface area contributed by atoms with Crippen LogP contribution in [-0.4, -0.2) is 17.4 Å². The third-order valence-electron chi connectivity index (χ3n) is 3.37. The van der Waals surface area contributed by atoms with Gasteiger partial charge in [-0.3, -0.25) is 9.78 Å². The van der Waals surface area contributed by atoms with Crippen LogP contribution in [-0.2, 0) is 0 Å². The van der Waals surface area contributed by atoms with E-state index in [9.17, 15) is 4.79 Å². The molecular weight excluding hydrogens is 288 g/mol. The zero-order valence-electron chi connectivity index (χ0n) is 13.2. The second kappa shape index (κ2) is 8.54. The first-order valence-electron chi connectivity index (χ1n) is 7.73. The largest absolute Gasteiger partial charge is 0.354 e. The monoisotopic (exact) mass is 308 g/mol. The van der Waals surface area contributed by atoms with Gasteiger partial charge in [0.2, 0.25) is 0 Å². The number of carbonyl (C=O) groups excluding carboxylic acids is 1. The summed E-state index contributed by atoms with van der Waals surface area (Å²) in [4.78, 5) is 16.2. The summed E-state index contributed by atoms with van der Waals surface area (Å²) in [5, 5.41) is 14.9. The summed E-state index contributed by atoms with van der Waals surface area (Å²) >= 11 is 0. The number of nitrogens with zero attached hydrogens (tertiary/aromatic N) is 2. The second-order valence-corrected chi connectivity index (χ2v) is 5.24. The normalized spacial score (nSPS) is 9.91. The Morgan fingerprint density at radius 2 is 1.96 bits per heavy atom. The van der Waals surface area contributed by atoms with Crippen LogP contribution >= 0.6 is 0 Å². The Morgan fingerprint density at radius 1 is 1.17 bits per heavy atom. The van der Waals surface area contributed by atoms with E-state index in [4.69, 9.17) is 5.26 Å². The lowest BCUT2D eigenvalue weighted by Gasteiger charge is -2.08. The summed E-state index contributed by atoms with van der Waals surface area (Å²) < 4.78 is 0. The number of unbranched alkanes of at least 4 members (excludes halogenated alkanes) is 2. The van der Waals surface area contributed by atoms with Crippen molar-refractivity contribution >= 4 is 17.3 Å². The number of hydrogen-bond donors (Lipinski definition) is 2. The van der Waals surface area contributed by atoms with Gasteiger partial charge in [0.25, 0.3) is 5.91 Å². The molecule has 1 amide bonds. The molecule has 0 aliphatic rings. The number of aromatic nitrogens is 1. The van der Waals surface area contributed by atoms with Crippen molar-refractivity contribution in [2.45, 2.75) is 26.2 Å². The Labute approximate surface area is 136 Å². The summed E-state index contributed by atoms with van der Waals surface area (Å²) in [5.41, 5.74) is 2.70. The molecule has 1 heterocycles. The average molecular weight is 308 g/mol. The lowest BCUT2D eigenvalue weighted by molar-refractivity contribution is 0.0952. The zero-order chi connectivity index (χ0) is 16.5. The van der Waals surface area contributed by atoms with Crippen molar-refractivity contribution in [2.75, 3.05) is 11.9 Å². The first-order valence-corrected chi connectivity index (χ1v) is 7.73. The van der Waals surface area contributed by atoms with Gasteiger partial charge < -0.3 is 10.6 Å². The van der Waals surface area contributed by atoms with Gasteiger partial charge in [-0.15, -0.1) is 0 Å². The molecule has 0 saturated heterocycles. The van der Waals surface area contributed by atoms with E-state index in [1.165, 1.54) is 0 Å². The summed E-state index contributed by atoms with van der Waals surface area (Å²) in [6, 6.07) is 10.9. The molecule has 0 atom stereocenters. The van der Waals surface area contributed by atoms with Crippen LogP contribution in [0.5, 0.6) is 0 Å². The van der Waals surface area contributed by atoms with Gasteiger partial charge in [0, 0.05) is 18.4 Å². The molecule has 0 aliphatic carbocycles. The molecule has 0 unspecified atom stereocenters. The summed E-state index contributed by atoms with van der Waals surface area (Å²) in [5.74, 6) is -0.114. The van der Waals surface area contributed by atoms with Crippen molar-refractivity contribution in [3.05, 3.63) is 53.9 Å². The number of carbonyl (C=O) groups is 1. The molecule has 23 heavy (non-hydrogen) atoms. The first kappa shape index (κ1) is 16.5. The number of nitrogens with one attached hydrogen (secondary N) is 2. The van der Waals surface area contributed by atoms with E-state index in [1.807, 2.05) is 12.1 Å². The standard InChI is InChI=1S/C18H20N4O/c1-2-3-4-9-21-18(23)15-10-17(13-20-12-15)22-16-7-5-14(11-19)6-8-16/h5-8,10,12-13,22H,2-4,9H2,1H3,(H,21,23). The highest BCUT2D eigenvalue weighted by Gasteiger charge is 2.06. The van der Waals surface area contributed by atoms with Crippen LogP contribution in [0.1, 0.15) is 42.1 Å². The smallest absolute Gasteiger partial charge is 0.252 e. The molecule has 5 heteroatoms. The molecule has 0 spiro atoms. The number of rotatable bonds is 7. The molecule has 118 valence electrons. The number of amides is 1. The molecule has 0 saturated carbocycles. The van der Waals surface area contributed by atoms with Gasteiger partial charge in [0.05, 0.1) is 29.1 Å². The first-order chi connectivity index (χ1) is 11.2. The van der Waals surface area contributed by atoms with Gasteiger partial charge in [-0.05, 0) is 36.8 Å². The van der Waals surface area contributed by atoms with Gasteiger partial charge in [0.1, 0.15) is 0 Å². The lowest BCUT2D eigenvalue weighted by Crippen LogP contribution is -2.24. The lowest BCUT2D eigenvalue weighted by atomic mass is 10.2. The summed E-state index contributed by atoms with van der Waals surface area (Å²) in [7, 11) is 0. The Kier molecular flexibility index (Phi) is 6.13. The molecule has 5 nitrogen and oxygen atoms in total. The third kappa shape index (κ3) is 5.11. The van der Waals surface area contributed by atoms with Gasteiger partial charge in [0.15, 0.2) is 0 Å². The van der Waals surface area contributed by atoms with E-state index < -0.39 is 0 Å². The van der Waals surface area contributed by atoms with Crippen molar-refractivity contribution in [3.8, 4) is 6.07 Å². The van der Waals surface area contributed by atoms with Crippen LogP contribution < -0.4 is 10.6 Å². The molecule has 0 radical (unpaired) electrons. The SMILES string of the molecule is CCCCCNC(=O)c1cncc(Nc2ccc(C#N)cc2)c1. The molecule has 2 aromatic rings. The van der Waals surface area contributed by atoms with Crippen molar-refractivity contribution in [3.63, 3.8) is 0 Å². The highest BCUT2D eigenvalue weighted by molar-refractivity contribution is 5.94. The van der Waals surface area contributed by atoms with Crippen LogP contribution in [0, 0.1) is 11.3 Å². The minimum atomic E-state index is -0.114. The predicted octanol–water partition coefficient (Wildman–Crippen LogP) is 3.62. The number of pyridine rings is 1. The van der Waals surface area contributed by atoms with Gasteiger partial charge in [-0.2, -0.15) is 5.26 Å². The molecule has 0 aliphatic heterocycles. The fourth-order valence-electron chi connectivity index (χ4n) is 2.11. The topological polar surface area (TPSA) is 77.8 Å². The molecule has 2 N–H and O–H groups in total.